The topological polar surface area (TPSA) is 41.8 Å². The Balaban J connectivity index is 0.000000180. The highest BCUT2D eigenvalue weighted by Crippen LogP contribution is 2.23. The number of benzene rings is 2. The van der Waals surface area contributed by atoms with Gasteiger partial charge in [0.15, 0.2) is 11.5 Å². The molecule has 0 bridgehead atoms. The fourth-order valence-corrected chi connectivity index (χ4v) is 1.28. The van der Waals surface area contributed by atoms with E-state index in [2.05, 4.69) is 11.7 Å². The monoisotopic (exact) mass is 243 g/mol. The fraction of sp³-hybridized carbons (Fsp3) is 0.133. The fourth-order valence-electron chi connectivity index (χ4n) is 1.28. The normalized spacial score (nSPS) is 9.00. The summed E-state index contributed by atoms with van der Waals surface area (Å²) < 4.78 is 4.79. The number of phenolic OH excluding ortho intramolecular Hbond substituents is 1. The van der Waals surface area contributed by atoms with E-state index >= 15 is 0 Å². The Hall–Kier alpha value is -2.29. The Kier molecular flexibility index (Phi) is 5.45. The second kappa shape index (κ2) is 7.12. The van der Waals surface area contributed by atoms with Crippen molar-refractivity contribution in [2.45, 2.75) is 6.92 Å². The number of ether oxygens (including phenoxy) is 1. The van der Waals surface area contributed by atoms with Crippen molar-refractivity contribution in [2.24, 2.45) is 4.99 Å². The number of methoxy groups -OCH3 is 1. The summed E-state index contributed by atoms with van der Waals surface area (Å²) in [6.45, 7) is 5.46. The minimum atomic E-state index is 0.181. The Morgan fingerprint density at radius 2 is 1.67 bits per heavy atom. The zero-order chi connectivity index (χ0) is 13.4. The van der Waals surface area contributed by atoms with Gasteiger partial charge in [-0.15, -0.1) is 0 Å². The van der Waals surface area contributed by atoms with Crippen molar-refractivity contribution >= 4 is 12.4 Å². The van der Waals surface area contributed by atoms with E-state index in [0.717, 1.165) is 5.69 Å². The van der Waals surface area contributed by atoms with Gasteiger partial charge in [-0.25, -0.2) is 0 Å². The molecule has 0 saturated heterocycles. The number of aliphatic imine (C=N–C) groups is 1. The quantitative estimate of drug-likeness (QED) is 0.816. The van der Waals surface area contributed by atoms with Crippen LogP contribution in [0.4, 0.5) is 5.69 Å². The summed E-state index contributed by atoms with van der Waals surface area (Å²) in [7, 11) is 1.52. The summed E-state index contributed by atoms with van der Waals surface area (Å²) >= 11 is 0. The van der Waals surface area contributed by atoms with E-state index in [1.807, 2.05) is 31.2 Å². The molecule has 0 atom stereocenters. The first-order chi connectivity index (χ1) is 8.67. The summed E-state index contributed by atoms with van der Waals surface area (Å²) in [6, 6.07) is 14.8. The molecule has 2 aromatic rings. The van der Waals surface area contributed by atoms with Crippen molar-refractivity contribution in [3.05, 3.63) is 54.1 Å². The van der Waals surface area contributed by atoms with Gasteiger partial charge in [-0.2, -0.15) is 0 Å². The molecule has 0 fully saturated rings. The number of nitrogens with zero attached hydrogens (tertiary/aromatic N) is 1. The Bertz CT molecular complexity index is 492. The summed E-state index contributed by atoms with van der Waals surface area (Å²) in [5.74, 6) is 0.692. The lowest BCUT2D eigenvalue weighted by atomic mass is 10.2. The number of aromatic hydroxyl groups is 1. The predicted molar refractivity (Wildman–Crippen MR) is 75.0 cm³/mol. The number of phenols is 1. The molecule has 0 saturated carbocycles. The van der Waals surface area contributed by atoms with Gasteiger partial charge < -0.3 is 9.84 Å². The highest BCUT2D eigenvalue weighted by molar-refractivity contribution is 5.45. The van der Waals surface area contributed by atoms with Gasteiger partial charge in [0, 0.05) is 0 Å². The van der Waals surface area contributed by atoms with Gasteiger partial charge in [0.05, 0.1) is 12.8 Å². The summed E-state index contributed by atoms with van der Waals surface area (Å²) in [6.07, 6.45) is 0. The maximum absolute atomic E-state index is 8.99. The lowest BCUT2D eigenvalue weighted by Gasteiger charge is -1.99. The first-order valence-corrected chi connectivity index (χ1v) is 5.52. The third-order valence-electron chi connectivity index (χ3n) is 2.30. The molecule has 0 aliphatic carbocycles. The van der Waals surface area contributed by atoms with Crippen LogP contribution in [0, 0.1) is 6.92 Å². The second-order valence-electron chi connectivity index (χ2n) is 3.67. The molecule has 1 N–H and O–H groups in total. The van der Waals surface area contributed by atoms with Gasteiger partial charge in [0.1, 0.15) is 0 Å². The van der Waals surface area contributed by atoms with Crippen molar-refractivity contribution in [1.82, 2.24) is 0 Å². The average molecular weight is 243 g/mol. The molecule has 0 unspecified atom stereocenters. The van der Waals surface area contributed by atoms with E-state index in [-0.39, 0.29) is 5.75 Å². The molecule has 3 nitrogen and oxygen atoms in total. The largest absolute Gasteiger partial charge is 0.504 e. The van der Waals surface area contributed by atoms with Gasteiger partial charge in [-0.3, -0.25) is 4.99 Å². The van der Waals surface area contributed by atoms with E-state index < -0.39 is 0 Å². The highest BCUT2D eigenvalue weighted by Gasteiger charge is 1.94. The Labute approximate surface area is 107 Å². The van der Waals surface area contributed by atoms with Gasteiger partial charge in [-0.1, -0.05) is 29.8 Å². The molecule has 0 heterocycles. The lowest BCUT2D eigenvalue weighted by molar-refractivity contribution is 0.373. The van der Waals surface area contributed by atoms with Gasteiger partial charge in [0.25, 0.3) is 0 Å². The number of para-hydroxylation sites is 2. The van der Waals surface area contributed by atoms with Crippen molar-refractivity contribution < 1.29 is 9.84 Å². The van der Waals surface area contributed by atoms with Crippen LogP contribution in [0.25, 0.3) is 0 Å². The van der Waals surface area contributed by atoms with Crippen LogP contribution in [0.15, 0.2) is 53.5 Å². The van der Waals surface area contributed by atoms with E-state index in [9.17, 15) is 0 Å². The first-order valence-electron chi connectivity index (χ1n) is 5.52. The summed E-state index contributed by atoms with van der Waals surface area (Å²) in [5, 5.41) is 8.99. The third kappa shape index (κ3) is 4.29. The molecule has 2 aromatic carbocycles. The van der Waals surface area contributed by atoms with Crippen molar-refractivity contribution in [1.29, 1.82) is 0 Å². The van der Waals surface area contributed by atoms with Gasteiger partial charge in [-0.05, 0) is 37.9 Å². The SMILES string of the molecule is C=Nc1ccc(C)cc1.COc1ccccc1O. The number of rotatable bonds is 2. The van der Waals surface area contributed by atoms with Gasteiger partial charge in [0.2, 0.25) is 0 Å². The van der Waals surface area contributed by atoms with Crippen LogP contribution in [0.1, 0.15) is 5.56 Å². The van der Waals surface area contributed by atoms with E-state index in [1.54, 1.807) is 24.3 Å². The minimum Gasteiger partial charge on any atom is -0.504 e. The van der Waals surface area contributed by atoms with E-state index in [1.165, 1.54) is 12.7 Å². The van der Waals surface area contributed by atoms with Crippen molar-refractivity contribution in [3.8, 4) is 11.5 Å². The van der Waals surface area contributed by atoms with Crippen LogP contribution in [0.5, 0.6) is 11.5 Å². The average Bonchev–Trinajstić information content (AvgIpc) is 2.41. The van der Waals surface area contributed by atoms with Crippen molar-refractivity contribution in [2.75, 3.05) is 7.11 Å². The molecule has 2 rings (SSSR count). The number of hydrogen-bond donors (Lipinski definition) is 1. The number of hydrogen-bond acceptors (Lipinski definition) is 3. The van der Waals surface area contributed by atoms with Crippen LogP contribution < -0.4 is 4.74 Å². The molecule has 3 heteroatoms. The van der Waals surface area contributed by atoms with E-state index in [4.69, 9.17) is 9.84 Å². The van der Waals surface area contributed by atoms with Crippen LogP contribution in [-0.2, 0) is 0 Å². The molecule has 18 heavy (non-hydrogen) atoms. The van der Waals surface area contributed by atoms with Crippen LogP contribution in [0.3, 0.4) is 0 Å². The maximum Gasteiger partial charge on any atom is 0.160 e. The predicted octanol–water partition coefficient (Wildman–Crippen LogP) is 3.73. The summed E-state index contributed by atoms with van der Waals surface area (Å²) in [5.41, 5.74) is 2.18. The maximum atomic E-state index is 8.99. The molecule has 0 amide bonds. The zero-order valence-corrected chi connectivity index (χ0v) is 10.6. The lowest BCUT2D eigenvalue weighted by Crippen LogP contribution is -1.80. The third-order valence-corrected chi connectivity index (χ3v) is 2.30. The molecule has 0 spiro atoms. The molecular formula is C15H17NO2. The van der Waals surface area contributed by atoms with Crippen molar-refractivity contribution in [3.63, 3.8) is 0 Å². The molecule has 94 valence electrons. The number of aryl methyl sites for hydroxylation is 1. The van der Waals surface area contributed by atoms with Gasteiger partial charge >= 0.3 is 0 Å². The van der Waals surface area contributed by atoms with Crippen LogP contribution in [0.2, 0.25) is 0 Å². The first kappa shape index (κ1) is 13.8. The summed E-state index contributed by atoms with van der Waals surface area (Å²) in [4.78, 5) is 3.76. The second-order valence-corrected chi connectivity index (χ2v) is 3.67. The molecule has 0 radical (unpaired) electrons. The van der Waals surface area contributed by atoms with Crippen LogP contribution >= 0.6 is 0 Å². The minimum absolute atomic E-state index is 0.181. The molecule has 0 aliphatic rings. The molecule has 0 aliphatic heterocycles. The standard InChI is InChI=1S/C8H9N.C7H8O2/c1-7-3-5-8(9-2)6-4-7;1-9-7-5-3-2-4-6(7)8/h3-6H,2H2,1H3;2-5,8H,1H3. The molecular weight excluding hydrogens is 226 g/mol. The Morgan fingerprint density at radius 1 is 1.06 bits per heavy atom. The highest BCUT2D eigenvalue weighted by atomic mass is 16.5. The molecule has 0 aromatic heterocycles. The smallest absolute Gasteiger partial charge is 0.160 e. The van der Waals surface area contributed by atoms with Crippen LogP contribution in [-0.4, -0.2) is 18.9 Å². The van der Waals surface area contributed by atoms with E-state index in [0.29, 0.717) is 5.75 Å². The Morgan fingerprint density at radius 3 is 2.11 bits per heavy atom. The zero-order valence-electron chi connectivity index (χ0n) is 10.6.